The molecular formula is C12H23NO2. The molecule has 88 valence electrons. The Morgan fingerprint density at radius 1 is 1.40 bits per heavy atom. The Balaban J connectivity index is 2.65. The molecule has 1 fully saturated rings. The minimum absolute atomic E-state index is 0.0425. The van der Waals surface area contributed by atoms with Crippen LogP contribution in [0.2, 0.25) is 0 Å². The van der Waals surface area contributed by atoms with Crippen LogP contribution in [0.15, 0.2) is 0 Å². The molecule has 0 aromatic rings. The number of Topliss-reactive ketones (excluding diaryl/α,β-unsaturated/α-hetero) is 1. The van der Waals surface area contributed by atoms with Crippen LogP contribution in [0.3, 0.4) is 0 Å². The number of carbonyl (C=O) groups is 1. The zero-order chi connectivity index (χ0) is 11.7. The van der Waals surface area contributed by atoms with E-state index in [4.69, 9.17) is 4.74 Å². The summed E-state index contributed by atoms with van der Waals surface area (Å²) >= 11 is 0. The summed E-state index contributed by atoms with van der Waals surface area (Å²) in [6.07, 6.45) is 1.44. The normalized spacial score (nSPS) is 27.9. The van der Waals surface area contributed by atoms with Crippen molar-refractivity contribution >= 4 is 5.78 Å². The van der Waals surface area contributed by atoms with Crippen molar-refractivity contribution in [2.75, 3.05) is 13.6 Å². The smallest absolute Gasteiger partial charge is 0.140 e. The fourth-order valence-corrected chi connectivity index (χ4v) is 2.49. The second-order valence-electron chi connectivity index (χ2n) is 5.54. The van der Waals surface area contributed by atoms with Gasteiger partial charge in [-0.05, 0) is 41.2 Å². The van der Waals surface area contributed by atoms with E-state index in [1.54, 1.807) is 0 Å². The summed E-state index contributed by atoms with van der Waals surface area (Å²) in [7, 11) is 1.87. The molecule has 1 rings (SSSR count). The van der Waals surface area contributed by atoms with Gasteiger partial charge < -0.3 is 10.1 Å². The van der Waals surface area contributed by atoms with E-state index in [1.807, 2.05) is 20.9 Å². The van der Waals surface area contributed by atoms with Gasteiger partial charge in [-0.1, -0.05) is 0 Å². The Kier molecular flexibility index (Phi) is 3.56. The maximum Gasteiger partial charge on any atom is 0.140 e. The summed E-state index contributed by atoms with van der Waals surface area (Å²) in [6, 6.07) is 0. The molecule has 3 nitrogen and oxygen atoms in total. The maximum absolute atomic E-state index is 12.0. The molecule has 0 bridgehead atoms. The Hall–Kier alpha value is -0.410. The van der Waals surface area contributed by atoms with Gasteiger partial charge in [0.1, 0.15) is 5.78 Å². The van der Waals surface area contributed by atoms with Gasteiger partial charge >= 0.3 is 0 Å². The molecule has 0 aromatic carbocycles. The standard InChI is InChI=1S/C12H23NO2/c1-11(2)8-9(12(3,4)15-11)10(14)6-7-13-5/h9,13H,6-8H2,1-5H3. The first kappa shape index (κ1) is 12.7. The highest BCUT2D eigenvalue weighted by atomic mass is 16.5. The summed E-state index contributed by atoms with van der Waals surface area (Å²) in [4.78, 5) is 12.0. The first-order valence-electron chi connectivity index (χ1n) is 5.66. The summed E-state index contributed by atoms with van der Waals surface area (Å²) < 4.78 is 5.91. The van der Waals surface area contributed by atoms with Gasteiger partial charge in [0, 0.05) is 18.9 Å². The topological polar surface area (TPSA) is 38.3 Å². The molecule has 1 aliphatic heterocycles. The van der Waals surface area contributed by atoms with Crippen LogP contribution in [0.4, 0.5) is 0 Å². The zero-order valence-corrected chi connectivity index (χ0v) is 10.5. The minimum atomic E-state index is -0.311. The number of hydrogen-bond acceptors (Lipinski definition) is 3. The third kappa shape index (κ3) is 3.02. The molecular weight excluding hydrogens is 190 g/mol. The Bertz CT molecular complexity index is 246. The van der Waals surface area contributed by atoms with Crippen molar-refractivity contribution in [2.24, 2.45) is 5.92 Å². The van der Waals surface area contributed by atoms with Crippen LogP contribution >= 0.6 is 0 Å². The number of hydrogen-bond donors (Lipinski definition) is 1. The number of ketones is 1. The maximum atomic E-state index is 12.0. The molecule has 1 atom stereocenters. The Morgan fingerprint density at radius 2 is 2.00 bits per heavy atom. The molecule has 0 radical (unpaired) electrons. The monoisotopic (exact) mass is 213 g/mol. The average molecular weight is 213 g/mol. The zero-order valence-electron chi connectivity index (χ0n) is 10.5. The molecule has 1 aliphatic rings. The molecule has 1 N–H and O–H groups in total. The molecule has 0 spiro atoms. The van der Waals surface area contributed by atoms with Gasteiger partial charge in [-0.3, -0.25) is 4.79 Å². The van der Waals surface area contributed by atoms with Gasteiger partial charge in [0.25, 0.3) is 0 Å². The first-order chi connectivity index (χ1) is 6.78. The van der Waals surface area contributed by atoms with Gasteiger partial charge in [-0.25, -0.2) is 0 Å². The summed E-state index contributed by atoms with van der Waals surface area (Å²) in [5.74, 6) is 0.362. The van der Waals surface area contributed by atoms with E-state index in [2.05, 4.69) is 19.2 Å². The largest absolute Gasteiger partial charge is 0.369 e. The molecule has 1 unspecified atom stereocenters. The lowest BCUT2D eigenvalue weighted by atomic mass is 9.83. The van der Waals surface area contributed by atoms with Crippen LogP contribution < -0.4 is 5.32 Å². The average Bonchev–Trinajstić information content (AvgIpc) is 2.30. The van der Waals surface area contributed by atoms with Crippen molar-refractivity contribution < 1.29 is 9.53 Å². The highest BCUT2D eigenvalue weighted by molar-refractivity contribution is 5.82. The van der Waals surface area contributed by atoms with Crippen molar-refractivity contribution in [3.8, 4) is 0 Å². The Morgan fingerprint density at radius 3 is 2.40 bits per heavy atom. The number of carbonyl (C=O) groups excluding carboxylic acids is 1. The van der Waals surface area contributed by atoms with E-state index < -0.39 is 0 Å². The molecule has 0 amide bonds. The van der Waals surface area contributed by atoms with Gasteiger partial charge in [0.2, 0.25) is 0 Å². The van der Waals surface area contributed by atoms with E-state index in [0.29, 0.717) is 12.2 Å². The lowest BCUT2D eigenvalue weighted by Crippen LogP contribution is -2.34. The first-order valence-corrected chi connectivity index (χ1v) is 5.66. The quantitative estimate of drug-likeness (QED) is 0.773. The minimum Gasteiger partial charge on any atom is -0.369 e. The second kappa shape index (κ2) is 4.22. The van der Waals surface area contributed by atoms with E-state index >= 15 is 0 Å². The lowest BCUT2D eigenvalue weighted by molar-refractivity contribution is -0.129. The predicted molar refractivity (Wildman–Crippen MR) is 60.9 cm³/mol. The third-order valence-corrected chi connectivity index (χ3v) is 3.08. The van der Waals surface area contributed by atoms with E-state index in [-0.39, 0.29) is 17.1 Å². The van der Waals surface area contributed by atoms with E-state index in [1.165, 1.54) is 0 Å². The van der Waals surface area contributed by atoms with E-state index in [0.717, 1.165) is 13.0 Å². The van der Waals surface area contributed by atoms with Crippen molar-refractivity contribution in [1.29, 1.82) is 0 Å². The fraction of sp³-hybridized carbons (Fsp3) is 0.917. The highest BCUT2D eigenvalue weighted by Gasteiger charge is 2.48. The van der Waals surface area contributed by atoms with Crippen LogP contribution in [0.5, 0.6) is 0 Å². The van der Waals surface area contributed by atoms with Gasteiger partial charge in [-0.15, -0.1) is 0 Å². The van der Waals surface area contributed by atoms with Crippen LogP contribution in [0, 0.1) is 5.92 Å². The molecule has 1 saturated heterocycles. The second-order valence-corrected chi connectivity index (χ2v) is 5.54. The Labute approximate surface area is 92.6 Å². The molecule has 0 aliphatic carbocycles. The predicted octanol–water partition coefficient (Wildman–Crippen LogP) is 1.76. The summed E-state index contributed by atoms with van der Waals surface area (Å²) in [5, 5.41) is 3.01. The van der Waals surface area contributed by atoms with Crippen LogP contribution in [-0.2, 0) is 9.53 Å². The molecule has 3 heteroatoms. The van der Waals surface area contributed by atoms with Gasteiger partial charge in [0.05, 0.1) is 11.2 Å². The SMILES string of the molecule is CNCCC(=O)C1CC(C)(C)OC1(C)C. The molecule has 0 saturated carbocycles. The van der Waals surface area contributed by atoms with Crippen LogP contribution in [-0.4, -0.2) is 30.6 Å². The van der Waals surface area contributed by atoms with Crippen molar-refractivity contribution in [3.05, 3.63) is 0 Å². The van der Waals surface area contributed by atoms with Gasteiger partial charge in [0.15, 0.2) is 0 Å². The van der Waals surface area contributed by atoms with Crippen molar-refractivity contribution in [1.82, 2.24) is 5.32 Å². The number of rotatable bonds is 4. The number of ether oxygens (including phenoxy) is 1. The van der Waals surface area contributed by atoms with Gasteiger partial charge in [-0.2, -0.15) is 0 Å². The number of nitrogens with one attached hydrogen (secondary N) is 1. The molecule has 0 aromatic heterocycles. The molecule has 15 heavy (non-hydrogen) atoms. The van der Waals surface area contributed by atoms with Crippen LogP contribution in [0.1, 0.15) is 40.5 Å². The summed E-state index contributed by atoms with van der Waals surface area (Å²) in [5.41, 5.74) is -0.474. The van der Waals surface area contributed by atoms with E-state index in [9.17, 15) is 4.79 Å². The lowest BCUT2D eigenvalue weighted by Gasteiger charge is -2.26. The highest BCUT2D eigenvalue weighted by Crippen LogP contribution is 2.42. The van der Waals surface area contributed by atoms with Crippen LogP contribution in [0.25, 0.3) is 0 Å². The fourth-order valence-electron chi connectivity index (χ4n) is 2.49. The summed E-state index contributed by atoms with van der Waals surface area (Å²) in [6.45, 7) is 8.90. The third-order valence-electron chi connectivity index (χ3n) is 3.08. The van der Waals surface area contributed by atoms with Crippen molar-refractivity contribution in [3.63, 3.8) is 0 Å². The van der Waals surface area contributed by atoms with Crippen molar-refractivity contribution in [2.45, 2.75) is 51.7 Å². The molecule has 1 heterocycles.